The molecule has 3 rings (SSSR count). The smallest absolute Gasteiger partial charge is 0.348 e. The van der Waals surface area contributed by atoms with Crippen LogP contribution in [0, 0.1) is 5.92 Å². The van der Waals surface area contributed by atoms with E-state index in [0.29, 0.717) is 31.6 Å². The quantitative estimate of drug-likeness (QED) is 0.823. The van der Waals surface area contributed by atoms with Gasteiger partial charge in [0.25, 0.3) is 5.91 Å². The second kappa shape index (κ2) is 6.07. The minimum absolute atomic E-state index is 0.00335. The summed E-state index contributed by atoms with van der Waals surface area (Å²) in [5.41, 5.74) is 5.40. The van der Waals surface area contributed by atoms with E-state index in [2.05, 4.69) is 10.1 Å². The van der Waals surface area contributed by atoms with Crippen LogP contribution in [0.15, 0.2) is 35.1 Å². The van der Waals surface area contributed by atoms with Crippen molar-refractivity contribution < 1.29 is 9.59 Å². The molecule has 2 heterocycles. The Hall–Kier alpha value is -2.90. The van der Waals surface area contributed by atoms with Crippen LogP contribution in [0.3, 0.4) is 0 Å². The van der Waals surface area contributed by atoms with Gasteiger partial charge in [-0.2, -0.15) is 4.68 Å². The van der Waals surface area contributed by atoms with Gasteiger partial charge in [0.1, 0.15) is 0 Å². The van der Waals surface area contributed by atoms with Crippen molar-refractivity contribution in [3.8, 4) is 5.69 Å². The lowest BCUT2D eigenvalue weighted by Gasteiger charge is -2.29. The van der Waals surface area contributed by atoms with Crippen LogP contribution < -0.4 is 11.4 Å². The van der Waals surface area contributed by atoms with Gasteiger partial charge in [0, 0.05) is 19.0 Å². The largest absolute Gasteiger partial charge is 0.369 e. The summed E-state index contributed by atoms with van der Waals surface area (Å²) in [6, 6.07) is 8.86. The number of H-pyrrole nitrogens is 1. The van der Waals surface area contributed by atoms with Crippen molar-refractivity contribution in [2.75, 3.05) is 13.1 Å². The van der Waals surface area contributed by atoms with Crippen molar-refractivity contribution >= 4 is 11.8 Å². The van der Waals surface area contributed by atoms with Crippen LogP contribution in [-0.2, 0) is 4.79 Å². The van der Waals surface area contributed by atoms with E-state index in [1.807, 2.05) is 6.07 Å². The molecule has 0 radical (unpaired) electrons. The Morgan fingerprint density at radius 3 is 2.43 bits per heavy atom. The maximum Gasteiger partial charge on any atom is 0.348 e. The first-order chi connectivity index (χ1) is 11.1. The highest BCUT2D eigenvalue weighted by Crippen LogP contribution is 2.17. The van der Waals surface area contributed by atoms with Gasteiger partial charge in [-0.3, -0.25) is 14.6 Å². The highest BCUT2D eigenvalue weighted by atomic mass is 16.2. The fourth-order valence-electron chi connectivity index (χ4n) is 2.68. The van der Waals surface area contributed by atoms with Crippen LogP contribution in [-0.4, -0.2) is 44.6 Å². The molecular weight excluding hydrogens is 298 g/mol. The number of benzene rings is 1. The molecule has 2 amide bonds. The number of para-hydroxylation sites is 1. The number of carbonyl (C=O) groups excluding carboxylic acids is 2. The number of aromatic amines is 1. The maximum atomic E-state index is 12.4. The third-order valence-electron chi connectivity index (χ3n) is 4.01. The Morgan fingerprint density at radius 2 is 1.83 bits per heavy atom. The number of primary amides is 1. The fraction of sp³-hybridized carbons (Fsp3) is 0.333. The predicted molar refractivity (Wildman–Crippen MR) is 82.0 cm³/mol. The van der Waals surface area contributed by atoms with Gasteiger partial charge in [-0.1, -0.05) is 18.2 Å². The zero-order chi connectivity index (χ0) is 16.4. The second-order valence-electron chi connectivity index (χ2n) is 5.49. The van der Waals surface area contributed by atoms with Gasteiger partial charge in [-0.15, -0.1) is 5.10 Å². The molecule has 0 aliphatic carbocycles. The Morgan fingerprint density at radius 1 is 1.17 bits per heavy atom. The molecule has 8 heteroatoms. The van der Waals surface area contributed by atoms with Gasteiger partial charge in [0.05, 0.1) is 5.69 Å². The summed E-state index contributed by atoms with van der Waals surface area (Å²) >= 11 is 0. The van der Waals surface area contributed by atoms with Crippen molar-refractivity contribution in [3.05, 3.63) is 46.6 Å². The lowest BCUT2D eigenvalue weighted by molar-refractivity contribution is -0.123. The number of rotatable bonds is 3. The number of likely N-dealkylation sites (tertiary alicyclic amines) is 1. The number of nitrogens with one attached hydrogen (secondary N) is 1. The van der Waals surface area contributed by atoms with Crippen LogP contribution >= 0.6 is 0 Å². The fourth-order valence-corrected chi connectivity index (χ4v) is 2.68. The summed E-state index contributed by atoms with van der Waals surface area (Å²) in [5, 5.41) is 4.08. The van der Waals surface area contributed by atoms with Crippen LogP contribution in [0.25, 0.3) is 5.69 Å². The molecule has 0 atom stereocenters. The van der Waals surface area contributed by atoms with E-state index < -0.39 is 5.69 Å². The number of amides is 2. The summed E-state index contributed by atoms with van der Waals surface area (Å²) in [6.45, 7) is 0.847. The van der Waals surface area contributed by atoms with E-state index in [0.717, 1.165) is 4.68 Å². The summed E-state index contributed by atoms with van der Waals surface area (Å²) in [4.78, 5) is 39.6. The van der Waals surface area contributed by atoms with E-state index in [9.17, 15) is 14.4 Å². The number of nitrogens with two attached hydrogens (primary N) is 1. The normalized spacial score (nSPS) is 15.6. The first-order valence-electron chi connectivity index (χ1n) is 7.39. The number of hydrogen-bond acceptors (Lipinski definition) is 4. The van der Waals surface area contributed by atoms with Crippen molar-refractivity contribution in [1.29, 1.82) is 0 Å². The van der Waals surface area contributed by atoms with Gasteiger partial charge in [-0.05, 0) is 25.0 Å². The molecule has 1 fully saturated rings. The van der Waals surface area contributed by atoms with Gasteiger partial charge < -0.3 is 10.6 Å². The topological polar surface area (TPSA) is 114 Å². The van der Waals surface area contributed by atoms with Gasteiger partial charge in [0.15, 0.2) is 0 Å². The van der Waals surface area contributed by atoms with Gasteiger partial charge in [-0.25, -0.2) is 4.79 Å². The molecule has 23 heavy (non-hydrogen) atoms. The Labute approximate surface area is 131 Å². The standard InChI is InChI=1S/C15H17N5O3/c16-12(21)10-6-8-19(9-7-10)14(22)13-17-15(23)20(18-13)11-4-2-1-3-5-11/h1-5,10H,6-9H2,(H2,16,21)(H,17,18,23). The molecule has 0 saturated carbocycles. The monoisotopic (exact) mass is 315 g/mol. The summed E-state index contributed by atoms with van der Waals surface area (Å²) in [6.07, 6.45) is 1.06. The molecule has 1 saturated heterocycles. The average molecular weight is 315 g/mol. The summed E-state index contributed by atoms with van der Waals surface area (Å²) in [7, 11) is 0. The van der Waals surface area contributed by atoms with Crippen molar-refractivity contribution in [1.82, 2.24) is 19.7 Å². The first-order valence-corrected chi connectivity index (χ1v) is 7.39. The number of hydrogen-bond donors (Lipinski definition) is 2. The summed E-state index contributed by atoms with van der Waals surface area (Å²) < 4.78 is 1.16. The molecule has 2 aromatic rings. The average Bonchev–Trinajstić information content (AvgIpc) is 2.97. The van der Waals surface area contributed by atoms with Crippen LogP contribution in [0.2, 0.25) is 0 Å². The minimum atomic E-state index is -0.466. The van der Waals surface area contributed by atoms with Crippen molar-refractivity contribution in [3.63, 3.8) is 0 Å². The van der Waals surface area contributed by atoms with E-state index in [1.165, 1.54) is 0 Å². The Balaban J connectivity index is 1.77. The summed E-state index contributed by atoms with van der Waals surface area (Å²) in [5.74, 6) is -0.880. The maximum absolute atomic E-state index is 12.4. The molecule has 0 bridgehead atoms. The molecule has 1 aromatic heterocycles. The lowest BCUT2D eigenvalue weighted by atomic mass is 9.96. The number of carbonyl (C=O) groups is 2. The second-order valence-corrected chi connectivity index (χ2v) is 5.49. The molecule has 1 aliphatic rings. The zero-order valence-corrected chi connectivity index (χ0v) is 12.4. The highest BCUT2D eigenvalue weighted by molar-refractivity contribution is 5.90. The molecule has 1 aliphatic heterocycles. The molecule has 3 N–H and O–H groups in total. The number of nitrogens with zero attached hydrogens (tertiary/aromatic N) is 3. The molecular formula is C15H17N5O3. The predicted octanol–water partition coefficient (Wildman–Crippen LogP) is -0.102. The number of aromatic nitrogens is 3. The number of piperidine rings is 1. The lowest BCUT2D eigenvalue weighted by Crippen LogP contribution is -2.42. The van der Waals surface area contributed by atoms with Crippen LogP contribution in [0.5, 0.6) is 0 Å². The minimum Gasteiger partial charge on any atom is -0.369 e. The van der Waals surface area contributed by atoms with E-state index in [1.54, 1.807) is 29.2 Å². The third-order valence-corrected chi connectivity index (χ3v) is 4.01. The van der Waals surface area contributed by atoms with Crippen molar-refractivity contribution in [2.45, 2.75) is 12.8 Å². The van der Waals surface area contributed by atoms with Gasteiger partial charge >= 0.3 is 5.69 Å². The van der Waals surface area contributed by atoms with Crippen LogP contribution in [0.4, 0.5) is 0 Å². The van der Waals surface area contributed by atoms with Gasteiger partial charge in [0.2, 0.25) is 11.7 Å². The highest BCUT2D eigenvalue weighted by Gasteiger charge is 2.28. The van der Waals surface area contributed by atoms with Crippen molar-refractivity contribution in [2.24, 2.45) is 11.7 Å². The van der Waals surface area contributed by atoms with E-state index in [4.69, 9.17) is 5.73 Å². The first kappa shape index (κ1) is 15.0. The third kappa shape index (κ3) is 3.01. The molecule has 8 nitrogen and oxygen atoms in total. The zero-order valence-electron chi connectivity index (χ0n) is 12.4. The molecule has 0 unspecified atom stereocenters. The molecule has 1 aromatic carbocycles. The molecule has 0 spiro atoms. The Kier molecular flexibility index (Phi) is 3.96. The van der Waals surface area contributed by atoms with E-state index >= 15 is 0 Å². The van der Waals surface area contributed by atoms with E-state index in [-0.39, 0.29) is 23.6 Å². The SMILES string of the molecule is NC(=O)C1CCN(C(=O)c2nn(-c3ccccc3)c(=O)[nH]2)CC1. The molecule has 120 valence electrons. The Bertz CT molecular complexity index is 772. The van der Waals surface area contributed by atoms with Crippen LogP contribution in [0.1, 0.15) is 23.5 Å².